The third-order valence-electron chi connectivity index (χ3n) is 2.14. The van der Waals surface area contributed by atoms with Crippen LogP contribution < -0.4 is 16.0 Å². The van der Waals surface area contributed by atoms with E-state index in [4.69, 9.17) is 33.8 Å². The van der Waals surface area contributed by atoms with Gasteiger partial charge in [-0.05, 0) is 12.1 Å². The molecule has 1 heterocycles. The van der Waals surface area contributed by atoms with Crippen molar-refractivity contribution < 1.29 is 13.5 Å². The summed E-state index contributed by atoms with van der Waals surface area (Å²) >= 11 is 11.5. The van der Waals surface area contributed by atoms with Gasteiger partial charge in [-0.2, -0.15) is 4.98 Å². The molecule has 0 saturated carbocycles. The van der Waals surface area contributed by atoms with Gasteiger partial charge in [-0.15, -0.1) is 0 Å². The molecule has 0 aliphatic carbocycles. The van der Waals surface area contributed by atoms with Gasteiger partial charge in [0.15, 0.2) is 17.5 Å². The summed E-state index contributed by atoms with van der Waals surface area (Å²) in [5.74, 6) is 2.57. The third-order valence-corrected chi connectivity index (χ3v) is 2.88. The Morgan fingerprint density at radius 1 is 1.11 bits per heavy atom. The minimum Gasteiger partial charge on any atom is -0.436 e. The van der Waals surface area contributed by atoms with Gasteiger partial charge in [-0.3, -0.25) is 0 Å². The van der Waals surface area contributed by atoms with E-state index in [0.29, 0.717) is 11.1 Å². The molecule has 0 fully saturated rings. The number of rotatable bonds is 3. The number of nitrogens with two attached hydrogens (primary N) is 1. The molecule has 2 rings (SSSR count). The van der Waals surface area contributed by atoms with Crippen molar-refractivity contribution in [1.82, 2.24) is 4.98 Å². The first-order chi connectivity index (χ1) is 9.01. The van der Waals surface area contributed by atoms with Crippen molar-refractivity contribution in [3.63, 3.8) is 0 Å². The van der Waals surface area contributed by atoms with E-state index in [2.05, 4.69) is 4.98 Å². The van der Waals surface area contributed by atoms with Crippen LogP contribution in [0.25, 0.3) is 0 Å². The van der Waals surface area contributed by atoms with E-state index in [1.54, 1.807) is 0 Å². The molecule has 0 spiro atoms. The van der Waals surface area contributed by atoms with E-state index in [9.17, 15) is 8.78 Å². The van der Waals surface area contributed by atoms with Gasteiger partial charge in [0.2, 0.25) is 0 Å². The molecule has 1 aromatic heterocycles. The van der Waals surface area contributed by atoms with E-state index in [-0.39, 0.29) is 16.6 Å². The summed E-state index contributed by atoms with van der Waals surface area (Å²) < 4.78 is 31.8. The zero-order valence-corrected chi connectivity index (χ0v) is 10.8. The summed E-state index contributed by atoms with van der Waals surface area (Å²) in [4.78, 5) is 3.55. The summed E-state index contributed by atoms with van der Waals surface area (Å²) in [5, 5.41) is 0.560. The summed E-state index contributed by atoms with van der Waals surface area (Å²) in [6.45, 7) is 0. The molecule has 8 heteroatoms. The van der Waals surface area contributed by atoms with Crippen LogP contribution in [-0.2, 0) is 0 Å². The van der Waals surface area contributed by atoms with Crippen molar-refractivity contribution in [3.8, 4) is 11.6 Å². The van der Waals surface area contributed by atoms with Crippen LogP contribution in [0.3, 0.4) is 0 Å². The number of ether oxygens (including phenoxy) is 1. The van der Waals surface area contributed by atoms with Gasteiger partial charge in [-0.25, -0.2) is 14.6 Å². The summed E-state index contributed by atoms with van der Waals surface area (Å²) in [5.41, 5.74) is 1.99. The molecule has 19 heavy (non-hydrogen) atoms. The van der Waals surface area contributed by atoms with Gasteiger partial charge in [0, 0.05) is 12.1 Å². The number of pyridine rings is 1. The Morgan fingerprint density at radius 3 is 2.47 bits per heavy atom. The summed E-state index contributed by atoms with van der Waals surface area (Å²) in [6, 6.07) is 4.93. The number of hydrazine groups is 1. The maximum atomic E-state index is 13.5. The van der Waals surface area contributed by atoms with Crippen LogP contribution in [-0.4, -0.2) is 4.98 Å². The van der Waals surface area contributed by atoms with Crippen LogP contribution in [0.1, 0.15) is 0 Å². The topological polar surface area (TPSA) is 60.2 Å². The molecule has 0 atom stereocenters. The molecule has 3 N–H and O–H groups in total. The third kappa shape index (κ3) is 3.04. The molecule has 2 aromatic rings. The number of aromatic nitrogens is 1. The van der Waals surface area contributed by atoms with Crippen molar-refractivity contribution in [2.75, 3.05) is 5.43 Å². The predicted molar refractivity (Wildman–Crippen MR) is 68.5 cm³/mol. The SMILES string of the molecule is NNc1nc(Oc2ccc(Cl)c(Cl)c2)c(F)cc1F. The second kappa shape index (κ2) is 5.56. The largest absolute Gasteiger partial charge is 0.436 e. The second-order valence-corrected chi connectivity index (χ2v) is 4.24. The molecule has 0 aliphatic rings. The van der Waals surface area contributed by atoms with Crippen molar-refractivity contribution in [3.05, 3.63) is 45.9 Å². The fraction of sp³-hybridized carbons (Fsp3) is 0. The highest BCUT2D eigenvalue weighted by molar-refractivity contribution is 6.42. The number of nitrogen functional groups attached to an aromatic ring is 1. The molecule has 0 bridgehead atoms. The monoisotopic (exact) mass is 305 g/mol. The first-order valence-electron chi connectivity index (χ1n) is 4.97. The normalized spacial score (nSPS) is 10.4. The Kier molecular flexibility index (Phi) is 4.04. The molecule has 4 nitrogen and oxygen atoms in total. The van der Waals surface area contributed by atoms with Gasteiger partial charge in [-0.1, -0.05) is 23.2 Å². The minimum atomic E-state index is -0.970. The fourth-order valence-electron chi connectivity index (χ4n) is 1.27. The quantitative estimate of drug-likeness (QED) is 0.670. The Morgan fingerprint density at radius 2 is 1.84 bits per heavy atom. The molecular formula is C11H7Cl2F2N3O. The maximum Gasteiger partial charge on any atom is 0.258 e. The Labute approximate surface area is 117 Å². The van der Waals surface area contributed by atoms with Crippen LogP contribution in [0.2, 0.25) is 10.0 Å². The highest BCUT2D eigenvalue weighted by atomic mass is 35.5. The van der Waals surface area contributed by atoms with Crippen LogP contribution in [0.4, 0.5) is 14.6 Å². The molecule has 100 valence electrons. The molecule has 0 aliphatic heterocycles. The predicted octanol–water partition coefficient (Wildman–Crippen LogP) is 3.74. The number of halogens is 4. The van der Waals surface area contributed by atoms with Crippen molar-refractivity contribution in [1.29, 1.82) is 0 Å². The molecule has 1 aromatic carbocycles. The number of hydrogen-bond donors (Lipinski definition) is 2. The van der Waals surface area contributed by atoms with Gasteiger partial charge < -0.3 is 10.2 Å². The summed E-state index contributed by atoms with van der Waals surface area (Å²) in [7, 11) is 0. The summed E-state index contributed by atoms with van der Waals surface area (Å²) in [6.07, 6.45) is 0. The highest BCUT2D eigenvalue weighted by Crippen LogP contribution is 2.30. The first-order valence-corrected chi connectivity index (χ1v) is 5.72. The number of hydrogen-bond acceptors (Lipinski definition) is 4. The van der Waals surface area contributed by atoms with Gasteiger partial charge in [0.05, 0.1) is 10.0 Å². The van der Waals surface area contributed by atoms with Crippen molar-refractivity contribution in [2.45, 2.75) is 0 Å². The molecular weight excluding hydrogens is 299 g/mol. The van der Waals surface area contributed by atoms with E-state index in [0.717, 1.165) is 0 Å². The Bertz CT molecular complexity index is 625. The molecule has 0 amide bonds. The molecule has 0 unspecified atom stereocenters. The lowest BCUT2D eigenvalue weighted by Crippen LogP contribution is -2.11. The van der Waals surface area contributed by atoms with Crippen LogP contribution in [0.15, 0.2) is 24.3 Å². The number of benzene rings is 1. The lowest BCUT2D eigenvalue weighted by molar-refractivity contribution is 0.418. The number of nitrogens with zero attached hydrogens (tertiary/aromatic N) is 1. The highest BCUT2D eigenvalue weighted by Gasteiger charge is 2.13. The lowest BCUT2D eigenvalue weighted by Gasteiger charge is -2.09. The van der Waals surface area contributed by atoms with Gasteiger partial charge in [0.1, 0.15) is 5.75 Å². The van der Waals surface area contributed by atoms with E-state index < -0.39 is 17.5 Å². The van der Waals surface area contributed by atoms with Gasteiger partial charge in [0.25, 0.3) is 5.88 Å². The van der Waals surface area contributed by atoms with Crippen molar-refractivity contribution >= 4 is 29.0 Å². The lowest BCUT2D eigenvalue weighted by atomic mass is 10.3. The van der Waals surface area contributed by atoms with E-state index in [1.165, 1.54) is 18.2 Å². The van der Waals surface area contributed by atoms with E-state index >= 15 is 0 Å². The average Bonchev–Trinajstić information content (AvgIpc) is 2.37. The molecule has 0 radical (unpaired) electrons. The zero-order valence-electron chi connectivity index (χ0n) is 9.25. The second-order valence-electron chi connectivity index (χ2n) is 3.43. The minimum absolute atomic E-state index is 0.204. The average molecular weight is 306 g/mol. The number of nitrogens with one attached hydrogen (secondary N) is 1. The molecule has 0 saturated heterocycles. The smallest absolute Gasteiger partial charge is 0.258 e. The van der Waals surface area contributed by atoms with Crippen molar-refractivity contribution in [2.24, 2.45) is 5.84 Å². The van der Waals surface area contributed by atoms with E-state index in [1.807, 2.05) is 5.43 Å². The first kappa shape index (κ1) is 13.8. The standard InChI is InChI=1S/C11H7Cl2F2N3O/c12-6-2-1-5(3-7(6)13)19-11-9(15)4-8(14)10(17-11)18-16/h1-4H,16H2,(H,17,18). The number of anilines is 1. The Balaban J connectivity index is 2.34. The van der Waals surface area contributed by atoms with Crippen LogP contribution in [0, 0.1) is 11.6 Å². The van der Waals surface area contributed by atoms with Crippen LogP contribution in [0.5, 0.6) is 11.6 Å². The van der Waals surface area contributed by atoms with Crippen LogP contribution >= 0.6 is 23.2 Å². The maximum absolute atomic E-state index is 13.5. The Hall–Kier alpha value is -1.63. The zero-order chi connectivity index (χ0) is 14.0. The van der Waals surface area contributed by atoms with Gasteiger partial charge >= 0.3 is 0 Å². The fourth-order valence-corrected chi connectivity index (χ4v) is 1.56.